The first-order valence-electron chi connectivity index (χ1n) is 6.80. The lowest BCUT2D eigenvalue weighted by atomic mass is 10.1. The molecule has 1 heterocycles. The fourth-order valence-electron chi connectivity index (χ4n) is 2.49. The molecule has 0 spiro atoms. The molecule has 22 heavy (non-hydrogen) atoms. The Morgan fingerprint density at radius 1 is 1.14 bits per heavy atom. The van der Waals surface area contributed by atoms with Crippen molar-refractivity contribution in [2.75, 3.05) is 11.9 Å². The first-order valence-corrected chi connectivity index (χ1v) is 6.80. The maximum atomic E-state index is 13.3. The second-order valence-corrected chi connectivity index (χ2v) is 5.01. The zero-order chi connectivity index (χ0) is 15.5. The van der Waals surface area contributed by atoms with Crippen molar-refractivity contribution >= 4 is 16.6 Å². The molecule has 108 valence electrons. The summed E-state index contributed by atoms with van der Waals surface area (Å²) in [6.07, 6.45) is 0. The van der Waals surface area contributed by atoms with E-state index in [4.69, 9.17) is 0 Å². The summed E-state index contributed by atoms with van der Waals surface area (Å²) < 4.78 is 13.3. The van der Waals surface area contributed by atoms with Crippen LogP contribution >= 0.6 is 0 Å². The second kappa shape index (κ2) is 5.78. The van der Waals surface area contributed by atoms with Gasteiger partial charge in [-0.3, -0.25) is 0 Å². The van der Waals surface area contributed by atoms with Crippen molar-refractivity contribution in [1.29, 1.82) is 5.26 Å². The molecule has 0 saturated heterocycles. The molecule has 0 radical (unpaired) electrons. The highest BCUT2D eigenvalue weighted by atomic mass is 19.1. The second-order valence-electron chi connectivity index (χ2n) is 5.01. The zero-order valence-electron chi connectivity index (χ0n) is 12.0. The van der Waals surface area contributed by atoms with E-state index in [0.717, 1.165) is 16.5 Å². The molecule has 0 aliphatic carbocycles. The van der Waals surface area contributed by atoms with Gasteiger partial charge in [0.15, 0.2) is 5.69 Å². The first-order chi connectivity index (χ1) is 10.7. The lowest BCUT2D eigenvalue weighted by molar-refractivity contribution is 0.625. The van der Waals surface area contributed by atoms with Crippen molar-refractivity contribution in [2.24, 2.45) is 0 Å². The van der Waals surface area contributed by atoms with E-state index in [1.807, 2.05) is 42.3 Å². The molecule has 0 aliphatic rings. The normalized spacial score (nSPS) is 10.4. The van der Waals surface area contributed by atoms with Crippen molar-refractivity contribution in [3.8, 4) is 6.07 Å². The van der Waals surface area contributed by atoms with Crippen LogP contribution in [0.3, 0.4) is 0 Å². The van der Waals surface area contributed by atoms with Gasteiger partial charge in [0.05, 0.1) is 11.2 Å². The Balaban J connectivity index is 2.06. The van der Waals surface area contributed by atoms with Crippen molar-refractivity contribution in [3.63, 3.8) is 0 Å². The standard InChI is InChI=1S/C17H13FN4/c1-22(11-12-5-4-6-13(18)9-12)17-14-7-2-3-8-15(14)20-21-16(17)10-19/h2-9H,11H2,1H3. The Labute approximate surface area is 127 Å². The molecule has 0 N–H and O–H groups in total. The number of rotatable bonds is 3. The van der Waals surface area contributed by atoms with E-state index in [2.05, 4.69) is 16.3 Å². The molecule has 0 bridgehead atoms. The van der Waals surface area contributed by atoms with Crippen LogP contribution in [0.2, 0.25) is 0 Å². The molecule has 0 amide bonds. The van der Waals surface area contributed by atoms with Gasteiger partial charge in [0.1, 0.15) is 11.9 Å². The smallest absolute Gasteiger partial charge is 0.187 e. The van der Waals surface area contributed by atoms with Crippen LogP contribution in [0.4, 0.5) is 10.1 Å². The quantitative estimate of drug-likeness (QED) is 0.743. The van der Waals surface area contributed by atoms with Crippen LogP contribution in [0.15, 0.2) is 48.5 Å². The maximum Gasteiger partial charge on any atom is 0.187 e. The van der Waals surface area contributed by atoms with Crippen molar-refractivity contribution < 1.29 is 4.39 Å². The molecule has 0 saturated carbocycles. The number of nitrogens with zero attached hydrogens (tertiary/aromatic N) is 4. The topological polar surface area (TPSA) is 52.8 Å². The van der Waals surface area contributed by atoms with Crippen LogP contribution in [0, 0.1) is 17.1 Å². The summed E-state index contributed by atoms with van der Waals surface area (Å²) in [7, 11) is 1.86. The monoisotopic (exact) mass is 292 g/mol. The molecule has 0 fully saturated rings. The van der Waals surface area contributed by atoms with Gasteiger partial charge >= 0.3 is 0 Å². The molecule has 2 aromatic carbocycles. The lowest BCUT2D eigenvalue weighted by Crippen LogP contribution is -2.19. The van der Waals surface area contributed by atoms with E-state index in [0.29, 0.717) is 12.2 Å². The van der Waals surface area contributed by atoms with Crippen molar-refractivity contribution in [3.05, 3.63) is 65.6 Å². The fourth-order valence-corrected chi connectivity index (χ4v) is 2.49. The Kier molecular flexibility index (Phi) is 3.67. The van der Waals surface area contributed by atoms with Gasteiger partial charge in [-0.25, -0.2) is 4.39 Å². The van der Waals surface area contributed by atoms with Gasteiger partial charge in [0.2, 0.25) is 0 Å². The molecule has 0 atom stereocenters. The van der Waals surface area contributed by atoms with Crippen LogP contribution in [0.1, 0.15) is 11.3 Å². The summed E-state index contributed by atoms with van der Waals surface area (Å²) in [5.41, 5.74) is 2.52. The van der Waals surface area contributed by atoms with Crippen LogP contribution in [0.25, 0.3) is 10.9 Å². The van der Waals surface area contributed by atoms with Gasteiger partial charge in [-0.2, -0.15) is 5.26 Å². The summed E-state index contributed by atoms with van der Waals surface area (Å²) in [5, 5.41) is 18.2. The van der Waals surface area contributed by atoms with Gasteiger partial charge in [0, 0.05) is 19.0 Å². The van der Waals surface area contributed by atoms with Crippen molar-refractivity contribution in [2.45, 2.75) is 6.54 Å². The highest BCUT2D eigenvalue weighted by Gasteiger charge is 2.14. The minimum absolute atomic E-state index is 0.262. The average Bonchev–Trinajstić information content (AvgIpc) is 2.53. The van der Waals surface area contributed by atoms with Crippen LogP contribution in [-0.2, 0) is 6.54 Å². The van der Waals surface area contributed by atoms with Crippen molar-refractivity contribution in [1.82, 2.24) is 10.2 Å². The predicted octanol–water partition coefficient (Wildman–Crippen LogP) is 3.28. The molecular formula is C17H13FN4. The largest absolute Gasteiger partial charge is 0.367 e. The number of nitriles is 1. The number of halogens is 1. The third kappa shape index (κ3) is 2.59. The number of aromatic nitrogens is 2. The SMILES string of the molecule is CN(Cc1cccc(F)c1)c1c(C#N)nnc2ccccc12. The molecule has 5 heteroatoms. The Hall–Kier alpha value is -3.00. The predicted molar refractivity (Wildman–Crippen MR) is 82.8 cm³/mol. The molecule has 3 aromatic rings. The number of fused-ring (bicyclic) bond motifs is 1. The molecule has 3 rings (SSSR count). The lowest BCUT2D eigenvalue weighted by Gasteiger charge is -2.21. The Morgan fingerprint density at radius 2 is 1.95 bits per heavy atom. The van der Waals surface area contributed by atoms with Crippen LogP contribution in [0.5, 0.6) is 0 Å². The minimum Gasteiger partial charge on any atom is -0.367 e. The van der Waals surface area contributed by atoms with Gasteiger partial charge < -0.3 is 4.90 Å². The zero-order valence-corrected chi connectivity index (χ0v) is 12.0. The van der Waals surface area contributed by atoms with E-state index in [1.54, 1.807) is 6.07 Å². The first kappa shape index (κ1) is 14.0. The van der Waals surface area contributed by atoms with Gasteiger partial charge in [0.25, 0.3) is 0 Å². The van der Waals surface area contributed by atoms with Gasteiger partial charge in [-0.1, -0.05) is 30.3 Å². The Bertz CT molecular complexity index is 870. The number of anilines is 1. The summed E-state index contributed by atoms with van der Waals surface area (Å²) in [6.45, 7) is 0.474. The summed E-state index contributed by atoms with van der Waals surface area (Å²) in [5.74, 6) is -0.274. The highest BCUT2D eigenvalue weighted by Crippen LogP contribution is 2.28. The maximum absolute atomic E-state index is 13.3. The molecule has 0 aliphatic heterocycles. The number of benzene rings is 2. The minimum atomic E-state index is -0.274. The third-order valence-corrected chi connectivity index (χ3v) is 3.44. The molecule has 4 nitrogen and oxygen atoms in total. The van der Waals surface area contributed by atoms with E-state index < -0.39 is 0 Å². The van der Waals surface area contributed by atoms with Crippen LogP contribution < -0.4 is 4.90 Å². The van der Waals surface area contributed by atoms with Gasteiger partial charge in [-0.15, -0.1) is 10.2 Å². The fraction of sp³-hybridized carbons (Fsp3) is 0.118. The summed E-state index contributed by atoms with van der Waals surface area (Å²) in [4.78, 5) is 1.89. The number of hydrogen-bond donors (Lipinski definition) is 0. The van der Waals surface area contributed by atoms with Crippen LogP contribution in [-0.4, -0.2) is 17.2 Å². The van der Waals surface area contributed by atoms with E-state index >= 15 is 0 Å². The molecular weight excluding hydrogens is 279 g/mol. The molecule has 0 unspecified atom stereocenters. The summed E-state index contributed by atoms with van der Waals surface area (Å²) in [6, 6.07) is 16.0. The number of hydrogen-bond acceptors (Lipinski definition) is 4. The Morgan fingerprint density at radius 3 is 2.73 bits per heavy atom. The summed E-state index contributed by atoms with van der Waals surface area (Å²) >= 11 is 0. The van der Waals surface area contributed by atoms with E-state index in [-0.39, 0.29) is 11.5 Å². The third-order valence-electron chi connectivity index (χ3n) is 3.44. The molecule has 1 aromatic heterocycles. The average molecular weight is 292 g/mol. The van der Waals surface area contributed by atoms with E-state index in [1.165, 1.54) is 12.1 Å². The highest BCUT2D eigenvalue weighted by molar-refractivity contribution is 5.93. The van der Waals surface area contributed by atoms with Gasteiger partial charge in [-0.05, 0) is 23.8 Å². The van der Waals surface area contributed by atoms with E-state index in [9.17, 15) is 9.65 Å².